The minimum Gasteiger partial charge on any atom is -0.495 e. The Labute approximate surface area is 156 Å². The molecule has 140 valence electrons. The number of amides is 1. The minimum atomic E-state index is -0.215. The lowest BCUT2D eigenvalue weighted by atomic mass is 9.87. The van der Waals surface area contributed by atoms with Crippen LogP contribution in [-0.4, -0.2) is 19.6 Å². The van der Waals surface area contributed by atoms with E-state index in [-0.39, 0.29) is 17.9 Å². The summed E-state index contributed by atoms with van der Waals surface area (Å²) in [7, 11) is 1.59. The van der Waals surface area contributed by atoms with Crippen LogP contribution in [0.25, 0.3) is 0 Å². The molecule has 0 heterocycles. The second-order valence-electron chi connectivity index (χ2n) is 7.69. The van der Waals surface area contributed by atoms with Gasteiger partial charge in [0.25, 0.3) is 5.91 Å². The van der Waals surface area contributed by atoms with E-state index in [4.69, 9.17) is 9.47 Å². The highest BCUT2D eigenvalue weighted by Gasteiger charge is 2.17. The van der Waals surface area contributed by atoms with Crippen LogP contribution in [0.3, 0.4) is 0 Å². The average Bonchev–Trinajstić information content (AvgIpc) is 2.59. The van der Waals surface area contributed by atoms with Crippen molar-refractivity contribution < 1.29 is 14.3 Å². The molecule has 1 N–H and O–H groups in total. The Kier molecular flexibility index (Phi) is 6.30. The first kappa shape index (κ1) is 19.8. The summed E-state index contributed by atoms with van der Waals surface area (Å²) in [6.07, 6.45) is 0. The molecule has 4 nitrogen and oxygen atoms in total. The van der Waals surface area contributed by atoms with Crippen LogP contribution in [0.4, 0.5) is 5.69 Å². The van der Waals surface area contributed by atoms with Gasteiger partial charge in [-0.25, -0.2) is 0 Å². The van der Waals surface area contributed by atoms with Crippen molar-refractivity contribution in [3.8, 4) is 11.5 Å². The molecule has 0 aliphatic rings. The van der Waals surface area contributed by atoms with E-state index in [2.05, 4.69) is 39.9 Å². The van der Waals surface area contributed by atoms with Gasteiger partial charge >= 0.3 is 0 Å². The summed E-state index contributed by atoms with van der Waals surface area (Å²) in [6.45, 7) is 10.5. The van der Waals surface area contributed by atoms with E-state index >= 15 is 0 Å². The Morgan fingerprint density at radius 3 is 2.38 bits per heavy atom. The smallest absolute Gasteiger partial charge is 0.262 e. The fourth-order valence-electron chi connectivity index (χ4n) is 2.69. The Hall–Kier alpha value is -2.49. The molecule has 0 atom stereocenters. The monoisotopic (exact) mass is 355 g/mol. The number of hydrogen-bond acceptors (Lipinski definition) is 3. The number of carbonyl (C=O) groups is 1. The number of anilines is 1. The summed E-state index contributed by atoms with van der Waals surface area (Å²) in [5.41, 5.74) is 2.86. The van der Waals surface area contributed by atoms with Gasteiger partial charge in [-0.05, 0) is 40.7 Å². The molecule has 2 aromatic rings. The molecule has 1 amide bonds. The highest BCUT2D eigenvalue weighted by Crippen LogP contribution is 2.31. The van der Waals surface area contributed by atoms with Gasteiger partial charge in [-0.3, -0.25) is 4.79 Å². The van der Waals surface area contributed by atoms with E-state index in [0.29, 0.717) is 17.4 Å². The molecule has 0 radical (unpaired) electrons. The number of hydrogen-bond donors (Lipinski definition) is 1. The predicted octanol–water partition coefficient (Wildman–Crippen LogP) is 5.13. The fourth-order valence-corrected chi connectivity index (χ4v) is 2.69. The van der Waals surface area contributed by atoms with Crippen molar-refractivity contribution in [3.05, 3.63) is 53.6 Å². The first-order valence-electron chi connectivity index (χ1n) is 8.92. The van der Waals surface area contributed by atoms with Gasteiger partial charge in [0, 0.05) is 0 Å². The van der Waals surface area contributed by atoms with Crippen LogP contribution in [0.1, 0.15) is 51.7 Å². The molecule has 0 saturated carbocycles. The number of nitrogens with one attached hydrogen (secondary N) is 1. The molecule has 0 saturated heterocycles. The Bertz CT molecular complexity index is 760. The molecule has 4 heteroatoms. The summed E-state index contributed by atoms with van der Waals surface area (Å²) in [5, 5.41) is 2.90. The van der Waals surface area contributed by atoms with Crippen molar-refractivity contribution >= 4 is 11.6 Å². The van der Waals surface area contributed by atoms with Crippen LogP contribution < -0.4 is 14.8 Å². The Morgan fingerprint density at radius 1 is 1.08 bits per heavy atom. The van der Waals surface area contributed by atoms with Crippen LogP contribution in [-0.2, 0) is 10.2 Å². The van der Waals surface area contributed by atoms with Crippen molar-refractivity contribution in [1.29, 1.82) is 0 Å². The van der Waals surface area contributed by atoms with Gasteiger partial charge in [0.05, 0.1) is 12.8 Å². The predicted molar refractivity (Wildman–Crippen MR) is 106 cm³/mol. The van der Waals surface area contributed by atoms with Gasteiger partial charge < -0.3 is 14.8 Å². The Morgan fingerprint density at radius 2 is 1.77 bits per heavy atom. The normalized spacial score (nSPS) is 11.3. The van der Waals surface area contributed by atoms with Crippen molar-refractivity contribution in [3.63, 3.8) is 0 Å². The van der Waals surface area contributed by atoms with E-state index in [0.717, 1.165) is 16.9 Å². The largest absolute Gasteiger partial charge is 0.495 e. The molecule has 2 aromatic carbocycles. The van der Waals surface area contributed by atoms with Crippen molar-refractivity contribution in [2.45, 2.75) is 46.0 Å². The number of para-hydroxylation sites is 1. The molecule has 0 fully saturated rings. The third-order valence-corrected chi connectivity index (χ3v) is 4.24. The lowest BCUT2D eigenvalue weighted by Gasteiger charge is -2.21. The molecule has 0 bridgehead atoms. The highest BCUT2D eigenvalue weighted by atomic mass is 16.5. The quantitative estimate of drug-likeness (QED) is 0.781. The molecular formula is C22H29NO3. The summed E-state index contributed by atoms with van der Waals surface area (Å²) in [6, 6.07) is 13.7. The lowest BCUT2D eigenvalue weighted by molar-refractivity contribution is -0.118. The van der Waals surface area contributed by atoms with Crippen molar-refractivity contribution in [2.75, 3.05) is 19.0 Å². The van der Waals surface area contributed by atoms with Gasteiger partial charge in [0.2, 0.25) is 0 Å². The van der Waals surface area contributed by atoms with E-state index in [1.165, 1.54) is 0 Å². The first-order chi connectivity index (χ1) is 12.2. The SMILES string of the molecule is COc1ccc(C(C)(C)C)cc1NC(=O)COc1ccccc1C(C)C. The zero-order valence-electron chi connectivity index (χ0n) is 16.6. The van der Waals surface area contributed by atoms with Crippen LogP contribution in [0.2, 0.25) is 0 Å². The van der Waals surface area contributed by atoms with Gasteiger partial charge in [-0.1, -0.05) is 58.9 Å². The minimum absolute atomic E-state index is 0.0154. The van der Waals surface area contributed by atoms with Crippen LogP contribution in [0, 0.1) is 0 Å². The molecule has 0 aromatic heterocycles. The van der Waals surface area contributed by atoms with Gasteiger partial charge in [-0.2, -0.15) is 0 Å². The first-order valence-corrected chi connectivity index (χ1v) is 8.92. The second kappa shape index (κ2) is 8.26. The second-order valence-corrected chi connectivity index (χ2v) is 7.69. The molecule has 0 aliphatic heterocycles. The fraction of sp³-hybridized carbons (Fsp3) is 0.409. The van der Waals surface area contributed by atoms with Crippen molar-refractivity contribution in [1.82, 2.24) is 0 Å². The van der Waals surface area contributed by atoms with E-state index < -0.39 is 0 Å². The van der Waals surface area contributed by atoms with Crippen LogP contribution >= 0.6 is 0 Å². The number of benzene rings is 2. The van der Waals surface area contributed by atoms with Gasteiger partial charge in [0.15, 0.2) is 6.61 Å². The molecule has 0 spiro atoms. The number of carbonyl (C=O) groups excluding carboxylic acids is 1. The summed E-state index contributed by atoms with van der Waals surface area (Å²) < 4.78 is 11.1. The average molecular weight is 355 g/mol. The topological polar surface area (TPSA) is 47.6 Å². The highest BCUT2D eigenvalue weighted by molar-refractivity contribution is 5.93. The standard InChI is InChI=1S/C22H29NO3/c1-15(2)17-9-7-8-10-19(17)26-14-21(24)23-18-13-16(22(3,4)5)11-12-20(18)25-6/h7-13,15H,14H2,1-6H3,(H,23,24). The van der Waals surface area contributed by atoms with Gasteiger partial charge in [-0.15, -0.1) is 0 Å². The van der Waals surface area contributed by atoms with Crippen LogP contribution in [0.15, 0.2) is 42.5 Å². The van der Waals surface area contributed by atoms with E-state index in [1.807, 2.05) is 42.5 Å². The maximum Gasteiger partial charge on any atom is 0.262 e. The third kappa shape index (κ3) is 5.01. The molecule has 2 rings (SSSR count). The number of methoxy groups -OCH3 is 1. The third-order valence-electron chi connectivity index (χ3n) is 4.24. The Balaban J connectivity index is 2.11. The van der Waals surface area contributed by atoms with Crippen LogP contribution in [0.5, 0.6) is 11.5 Å². The number of rotatable bonds is 6. The molecule has 26 heavy (non-hydrogen) atoms. The molecule has 0 aliphatic carbocycles. The summed E-state index contributed by atoms with van der Waals surface area (Å²) in [4.78, 5) is 12.4. The molecule has 0 unspecified atom stereocenters. The maximum absolute atomic E-state index is 12.4. The van der Waals surface area contributed by atoms with Gasteiger partial charge in [0.1, 0.15) is 11.5 Å². The summed E-state index contributed by atoms with van der Waals surface area (Å²) >= 11 is 0. The number of ether oxygens (including phenoxy) is 2. The van der Waals surface area contributed by atoms with E-state index in [9.17, 15) is 4.79 Å². The van der Waals surface area contributed by atoms with E-state index in [1.54, 1.807) is 7.11 Å². The maximum atomic E-state index is 12.4. The zero-order valence-corrected chi connectivity index (χ0v) is 16.6. The van der Waals surface area contributed by atoms with Crippen molar-refractivity contribution in [2.24, 2.45) is 0 Å². The summed E-state index contributed by atoms with van der Waals surface area (Å²) in [5.74, 6) is 1.49. The zero-order chi connectivity index (χ0) is 19.3. The molecular weight excluding hydrogens is 326 g/mol. The lowest BCUT2D eigenvalue weighted by Crippen LogP contribution is -2.21.